The summed E-state index contributed by atoms with van der Waals surface area (Å²) in [5.41, 5.74) is 0.433. The highest BCUT2D eigenvalue weighted by molar-refractivity contribution is 5.78. The van der Waals surface area contributed by atoms with E-state index in [2.05, 4.69) is 10.6 Å². The first-order chi connectivity index (χ1) is 8.95. The fourth-order valence-corrected chi connectivity index (χ4v) is 1.84. The van der Waals surface area contributed by atoms with Gasteiger partial charge in [0, 0.05) is 17.6 Å². The second-order valence-corrected chi connectivity index (χ2v) is 4.68. The van der Waals surface area contributed by atoms with Gasteiger partial charge in [-0.3, -0.25) is 4.79 Å². The Morgan fingerprint density at radius 2 is 2.05 bits per heavy atom. The molecule has 4 nitrogen and oxygen atoms in total. The van der Waals surface area contributed by atoms with E-state index in [1.165, 1.54) is 13.2 Å². The van der Waals surface area contributed by atoms with Gasteiger partial charge in [0.2, 0.25) is 5.91 Å². The predicted octanol–water partition coefficient (Wildman–Crippen LogP) is 2.01. The summed E-state index contributed by atoms with van der Waals surface area (Å²) < 4.78 is 18.9. The minimum Gasteiger partial charge on any atom is -0.496 e. The van der Waals surface area contributed by atoms with Gasteiger partial charge in [0.15, 0.2) is 0 Å². The van der Waals surface area contributed by atoms with Crippen molar-refractivity contribution in [3.05, 3.63) is 29.6 Å². The first-order valence-electron chi connectivity index (χ1n) is 6.30. The summed E-state index contributed by atoms with van der Waals surface area (Å²) in [6, 6.07) is 4.45. The van der Waals surface area contributed by atoms with Crippen molar-refractivity contribution in [1.82, 2.24) is 10.6 Å². The molecular weight excluding hydrogens is 247 g/mol. The van der Waals surface area contributed by atoms with Crippen molar-refractivity contribution in [3.63, 3.8) is 0 Å². The quantitative estimate of drug-likeness (QED) is 0.829. The van der Waals surface area contributed by atoms with Crippen LogP contribution in [-0.4, -0.2) is 25.6 Å². The van der Waals surface area contributed by atoms with Crippen molar-refractivity contribution in [2.75, 3.05) is 13.7 Å². The van der Waals surface area contributed by atoms with E-state index in [9.17, 15) is 9.18 Å². The van der Waals surface area contributed by atoms with Gasteiger partial charge in [-0.25, -0.2) is 4.39 Å². The van der Waals surface area contributed by atoms with Crippen LogP contribution in [0.3, 0.4) is 0 Å². The lowest BCUT2D eigenvalue weighted by Crippen LogP contribution is -2.38. The van der Waals surface area contributed by atoms with Gasteiger partial charge < -0.3 is 15.4 Å². The van der Waals surface area contributed by atoms with Gasteiger partial charge in [0.1, 0.15) is 11.6 Å². The molecule has 0 aliphatic heterocycles. The summed E-state index contributed by atoms with van der Waals surface area (Å²) in [6.07, 6.45) is 0. The average Bonchev–Trinajstić information content (AvgIpc) is 2.34. The molecule has 2 N–H and O–H groups in total. The lowest BCUT2D eigenvalue weighted by molar-refractivity contribution is -0.120. The standard InChI is InChI=1S/C14H21FN2O2/c1-9(2)17-13(18)8-16-10(3)14-11(15)6-5-7-12(14)19-4/h5-7,9-10,16H,8H2,1-4H3,(H,17,18). The van der Waals surface area contributed by atoms with E-state index in [0.29, 0.717) is 11.3 Å². The van der Waals surface area contributed by atoms with Crippen LogP contribution in [-0.2, 0) is 4.79 Å². The van der Waals surface area contributed by atoms with Gasteiger partial charge in [0.25, 0.3) is 0 Å². The molecular formula is C14H21FN2O2. The van der Waals surface area contributed by atoms with Crippen LogP contribution in [0.5, 0.6) is 5.75 Å². The Labute approximate surface area is 113 Å². The van der Waals surface area contributed by atoms with Crippen LogP contribution < -0.4 is 15.4 Å². The molecule has 5 heteroatoms. The zero-order valence-electron chi connectivity index (χ0n) is 11.8. The maximum atomic E-state index is 13.8. The maximum absolute atomic E-state index is 13.8. The minimum atomic E-state index is -0.344. The Kier molecular flexibility index (Phi) is 5.76. The summed E-state index contributed by atoms with van der Waals surface area (Å²) in [5.74, 6) is 0.0186. The molecule has 1 aromatic rings. The molecule has 1 rings (SSSR count). The topological polar surface area (TPSA) is 50.4 Å². The monoisotopic (exact) mass is 268 g/mol. The molecule has 0 radical (unpaired) electrons. The predicted molar refractivity (Wildman–Crippen MR) is 72.6 cm³/mol. The molecule has 0 aliphatic carbocycles. The summed E-state index contributed by atoms with van der Waals surface area (Å²) in [5, 5.41) is 5.75. The Hall–Kier alpha value is -1.62. The molecule has 0 bridgehead atoms. The molecule has 1 unspecified atom stereocenters. The summed E-state index contributed by atoms with van der Waals surface area (Å²) >= 11 is 0. The fourth-order valence-electron chi connectivity index (χ4n) is 1.84. The molecule has 0 saturated carbocycles. The first-order valence-corrected chi connectivity index (χ1v) is 6.30. The van der Waals surface area contributed by atoms with Crippen LogP contribution in [0.25, 0.3) is 0 Å². The molecule has 1 amide bonds. The highest BCUT2D eigenvalue weighted by Gasteiger charge is 2.16. The number of carbonyl (C=O) groups excluding carboxylic acids is 1. The number of benzene rings is 1. The molecule has 0 aliphatic rings. The third-order valence-corrected chi connectivity index (χ3v) is 2.68. The SMILES string of the molecule is COc1cccc(F)c1C(C)NCC(=O)NC(C)C. The molecule has 1 aromatic carbocycles. The van der Waals surface area contributed by atoms with Crippen LogP contribution in [0.4, 0.5) is 4.39 Å². The van der Waals surface area contributed by atoms with E-state index in [1.54, 1.807) is 19.1 Å². The number of methoxy groups -OCH3 is 1. The van der Waals surface area contributed by atoms with Crippen molar-refractivity contribution in [1.29, 1.82) is 0 Å². The second-order valence-electron chi connectivity index (χ2n) is 4.68. The molecule has 0 saturated heterocycles. The van der Waals surface area contributed by atoms with Crippen molar-refractivity contribution < 1.29 is 13.9 Å². The molecule has 0 fully saturated rings. The minimum absolute atomic E-state index is 0.0904. The van der Waals surface area contributed by atoms with E-state index < -0.39 is 0 Å². The Morgan fingerprint density at radius 3 is 2.63 bits per heavy atom. The summed E-state index contributed by atoms with van der Waals surface area (Å²) in [7, 11) is 1.50. The third-order valence-electron chi connectivity index (χ3n) is 2.68. The number of rotatable bonds is 6. The number of carbonyl (C=O) groups is 1. The number of hydrogen-bond acceptors (Lipinski definition) is 3. The number of halogens is 1. The van der Waals surface area contributed by atoms with E-state index in [-0.39, 0.29) is 30.4 Å². The molecule has 0 heterocycles. The largest absolute Gasteiger partial charge is 0.496 e. The van der Waals surface area contributed by atoms with Crippen molar-refractivity contribution in [3.8, 4) is 5.75 Å². The number of nitrogens with one attached hydrogen (secondary N) is 2. The third kappa shape index (κ3) is 4.52. The van der Waals surface area contributed by atoms with Gasteiger partial charge in [0.05, 0.1) is 13.7 Å². The van der Waals surface area contributed by atoms with Gasteiger partial charge >= 0.3 is 0 Å². The summed E-state index contributed by atoms with van der Waals surface area (Å²) in [4.78, 5) is 11.5. The van der Waals surface area contributed by atoms with Gasteiger partial charge in [-0.1, -0.05) is 6.07 Å². The van der Waals surface area contributed by atoms with Gasteiger partial charge in [-0.05, 0) is 32.9 Å². The smallest absolute Gasteiger partial charge is 0.234 e. The van der Waals surface area contributed by atoms with Crippen molar-refractivity contribution >= 4 is 5.91 Å². The zero-order valence-corrected chi connectivity index (χ0v) is 11.8. The Bertz CT molecular complexity index is 435. The van der Waals surface area contributed by atoms with Crippen LogP contribution >= 0.6 is 0 Å². The number of ether oxygens (including phenoxy) is 1. The maximum Gasteiger partial charge on any atom is 0.234 e. The molecule has 1 atom stereocenters. The highest BCUT2D eigenvalue weighted by Crippen LogP contribution is 2.27. The normalized spacial score (nSPS) is 12.3. The van der Waals surface area contributed by atoms with Gasteiger partial charge in [-0.15, -0.1) is 0 Å². The lowest BCUT2D eigenvalue weighted by atomic mass is 10.1. The lowest BCUT2D eigenvalue weighted by Gasteiger charge is -2.18. The van der Waals surface area contributed by atoms with E-state index >= 15 is 0 Å². The van der Waals surface area contributed by atoms with Crippen LogP contribution in [0.1, 0.15) is 32.4 Å². The summed E-state index contributed by atoms with van der Waals surface area (Å²) in [6.45, 7) is 5.71. The Balaban J connectivity index is 2.68. The van der Waals surface area contributed by atoms with Crippen LogP contribution in [0, 0.1) is 5.82 Å². The number of amides is 1. The first kappa shape index (κ1) is 15.4. The number of hydrogen-bond donors (Lipinski definition) is 2. The molecule has 0 spiro atoms. The second kappa shape index (κ2) is 7.09. The van der Waals surface area contributed by atoms with E-state index in [4.69, 9.17) is 4.74 Å². The highest BCUT2D eigenvalue weighted by atomic mass is 19.1. The molecule has 19 heavy (non-hydrogen) atoms. The van der Waals surface area contributed by atoms with Gasteiger partial charge in [-0.2, -0.15) is 0 Å². The van der Waals surface area contributed by atoms with E-state index in [0.717, 1.165) is 0 Å². The average molecular weight is 268 g/mol. The molecule has 106 valence electrons. The molecule has 0 aromatic heterocycles. The zero-order chi connectivity index (χ0) is 14.4. The fraction of sp³-hybridized carbons (Fsp3) is 0.500. The van der Waals surface area contributed by atoms with Crippen LogP contribution in [0.2, 0.25) is 0 Å². The van der Waals surface area contributed by atoms with Crippen molar-refractivity contribution in [2.24, 2.45) is 0 Å². The van der Waals surface area contributed by atoms with E-state index in [1.807, 2.05) is 13.8 Å². The Morgan fingerprint density at radius 1 is 1.37 bits per heavy atom. The van der Waals surface area contributed by atoms with Crippen LogP contribution in [0.15, 0.2) is 18.2 Å². The van der Waals surface area contributed by atoms with Crippen molar-refractivity contribution in [2.45, 2.75) is 32.9 Å².